The molecule has 3 N–H and O–H groups in total. The summed E-state index contributed by atoms with van der Waals surface area (Å²) in [6.07, 6.45) is 8.47. The van der Waals surface area contributed by atoms with Gasteiger partial charge < -0.3 is 11.1 Å². The summed E-state index contributed by atoms with van der Waals surface area (Å²) in [6, 6.07) is 5.01. The number of carbonyl (C=O) groups is 1. The molecule has 0 unspecified atom stereocenters. The summed E-state index contributed by atoms with van der Waals surface area (Å²) >= 11 is 0. The van der Waals surface area contributed by atoms with Gasteiger partial charge in [-0.3, -0.25) is 4.79 Å². The average molecular weight is 367 g/mol. The van der Waals surface area contributed by atoms with Gasteiger partial charge in [-0.15, -0.1) is 12.4 Å². The predicted molar refractivity (Wildman–Crippen MR) is 98.6 cm³/mol. The van der Waals surface area contributed by atoms with Gasteiger partial charge in [-0.2, -0.15) is 0 Å². The summed E-state index contributed by atoms with van der Waals surface area (Å²) in [5.41, 5.74) is 7.06. The summed E-state index contributed by atoms with van der Waals surface area (Å²) in [6.45, 7) is 0.595. The van der Waals surface area contributed by atoms with E-state index in [4.69, 9.17) is 5.73 Å². The van der Waals surface area contributed by atoms with E-state index in [1.807, 2.05) is 6.07 Å². The van der Waals surface area contributed by atoms with Gasteiger partial charge in [0.2, 0.25) is 5.91 Å². The first-order valence-corrected chi connectivity index (χ1v) is 9.29. The number of nitrogens with two attached hydrogens (primary N) is 1. The number of hydrogen-bond acceptors (Lipinski definition) is 2. The lowest BCUT2D eigenvalue weighted by Gasteiger charge is -2.56. The molecular formula is C20H28ClFN2O. The zero-order chi connectivity index (χ0) is 16.7. The number of carbonyl (C=O) groups excluding carboxylic acids is 1. The standard InChI is InChI=1S/C20H27FN2O.ClH/c21-18-6-13(11-22)1-2-17(18)12-23-19(24)10-20-7-14-3-15(8-20)5-16(4-14)9-20;/h1-2,6,14-16H,3-5,7-12,22H2,(H,23,24);1H. The normalized spacial score (nSPS) is 32.3. The van der Waals surface area contributed by atoms with Gasteiger partial charge in [0, 0.05) is 25.1 Å². The van der Waals surface area contributed by atoms with Crippen LogP contribution >= 0.6 is 12.4 Å². The van der Waals surface area contributed by atoms with Gasteiger partial charge in [0.1, 0.15) is 5.82 Å². The molecule has 0 aliphatic heterocycles. The fourth-order valence-corrected chi connectivity index (χ4v) is 5.96. The van der Waals surface area contributed by atoms with Crippen LogP contribution < -0.4 is 11.1 Å². The quantitative estimate of drug-likeness (QED) is 0.829. The molecule has 0 aromatic heterocycles. The molecular weight excluding hydrogens is 339 g/mol. The van der Waals surface area contributed by atoms with Crippen molar-refractivity contribution in [3.05, 3.63) is 35.1 Å². The summed E-state index contributed by atoms with van der Waals surface area (Å²) in [7, 11) is 0. The van der Waals surface area contributed by atoms with Crippen molar-refractivity contribution in [2.75, 3.05) is 0 Å². The lowest BCUT2D eigenvalue weighted by atomic mass is 9.49. The Morgan fingerprint density at radius 1 is 1.16 bits per heavy atom. The number of hydrogen-bond donors (Lipinski definition) is 2. The van der Waals surface area contributed by atoms with E-state index in [9.17, 15) is 9.18 Å². The largest absolute Gasteiger partial charge is 0.352 e. The first-order valence-electron chi connectivity index (χ1n) is 9.29. The summed E-state index contributed by atoms with van der Waals surface area (Å²) < 4.78 is 14.0. The van der Waals surface area contributed by atoms with Crippen LogP contribution in [0.2, 0.25) is 0 Å². The molecule has 0 radical (unpaired) electrons. The molecule has 4 aliphatic carbocycles. The van der Waals surface area contributed by atoms with Crippen molar-refractivity contribution >= 4 is 18.3 Å². The molecule has 138 valence electrons. The maximum absolute atomic E-state index is 14.0. The van der Waals surface area contributed by atoms with E-state index >= 15 is 0 Å². The molecule has 3 nitrogen and oxygen atoms in total. The van der Waals surface area contributed by atoms with Crippen LogP contribution in [0.1, 0.15) is 56.1 Å². The zero-order valence-corrected chi connectivity index (χ0v) is 15.4. The molecule has 1 aromatic rings. The lowest BCUT2D eigenvalue weighted by molar-refractivity contribution is -0.129. The van der Waals surface area contributed by atoms with Crippen molar-refractivity contribution in [3.63, 3.8) is 0 Å². The molecule has 4 bridgehead atoms. The summed E-state index contributed by atoms with van der Waals surface area (Å²) in [5, 5.41) is 2.94. The Bertz CT molecular complexity index is 613. The molecule has 0 spiro atoms. The van der Waals surface area contributed by atoms with E-state index < -0.39 is 0 Å². The van der Waals surface area contributed by atoms with Gasteiger partial charge in [-0.25, -0.2) is 4.39 Å². The van der Waals surface area contributed by atoms with Crippen LogP contribution in [-0.4, -0.2) is 5.91 Å². The zero-order valence-electron chi connectivity index (χ0n) is 14.6. The van der Waals surface area contributed by atoms with Crippen molar-refractivity contribution in [2.24, 2.45) is 28.9 Å². The highest BCUT2D eigenvalue weighted by Crippen LogP contribution is 2.61. The summed E-state index contributed by atoms with van der Waals surface area (Å²) in [4.78, 5) is 12.5. The Hall–Kier alpha value is -1.13. The van der Waals surface area contributed by atoms with Crippen LogP contribution in [0, 0.1) is 29.0 Å². The maximum Gasteiger partial charge on any atom is 0.220 e. The van der Waals surface area contributed by atoms with Gasteiger partial charge in [0.05, 0.1) is 0 Å². The molecule has 25 heavy (non-hydrogen) atoms. The minimum Gasteiger partial charge on any atom is -0.352 e. The van der Waals surface area contributed by atoms with Crippen LogP contribution in [0.25, 0.3) is 0 Å². The summed E-state index contributed by atoms with van der Waals surface area (Å²) in [5.74, 6) is 2.35. The van der Waals surface area contributed by atoms with Crippen LogP contribution in [-0.2, 0) is 17.9 Å². The van der Waals surface area contributed by atoms with Crippen molar-refractivity contribution in [3.8, 4) is 0 Å². The smallest absolute Gasteiger partial charge is 0.220 e. The van der Waals surface area contributed by atoms with Crippen molar-refractivity contribution in [1.29, 1.82) is 0 Å². The third-order valence-electron chi connectivity index (χ3n) is 6.53. The number of rotatable bonds is 5. The first kappa shape index (κ1) is 18.7. The second-order valence-corrected chi connectivity index (χ2v) is 8.50. The van der Waals surface area contributed by atoms with Crippen LogP contribution in [0.15, 0.2) is 18.2 Å². The van der Waals surface area contributed by atoms with Crippen molar-refractivity contribution in [1.82, 2.24) is 5.32 Å². The van der Waals surface area contributed by atoms with E-state index in [2.05, 4.69) is 5.32 Å². The third-order valence-corrected chi connectivity index (χ3v) is 6.53. The molecule has 0 atom stereocenters. The van der Waals surface area contributed by atoms with Crippen molar-refractivity contribution in [2.45, 2.75) is 58.0 Å². The molecule has 1 aromatic carbocycles. The Morgan fingerprint density at radius 2 is 1.76 bits per heavy atom. The monoisotopic (exact) mass is 366 g/mol. The van der Waals surface area contributed by atoms with Crippen LogP contribution in [0.4, 0.5) is 4.39 Å². The fourth-order valence-electron chi connectivity index (χ4n) is 5.96. The second-order valence-electron chi connectivity index (χ2n) is 8.50. The molecule has 5 rings (SSSR count). The molecule has 0 saturated heterocycles. The molecule has 4 saturated carbocycles. The number of amides is 1. The van der Waals surface area contributed by atoms with E-state index in [0.717, 1.165) is 23.3 Å². The van der Waals surface area contributed by atoms with E-state index in [0.29, 0.717) is 18.5 Å². The maximum atomic E-state index is 14.0. The fraction of sp³-hybridized carbons (Fsp3) is 0.650. The molecule has 4 aliphatic rings. The van der Waals surface area contributed by atoms with E-state index in [-0.39, 0.29) is 36.1 Å². The van der Waals surface area contributed by atoms with Crippen LogP contribution in [0.5, 0.6) is 0 Å². The second kappa shape index (κ2) is 7.24. The molecule has 1 amide bonds. The third kappa shape index (κ3) is 3.85. The van der Waals surface area contributed by atoms with Gasteiger partial charge >= 0.3 is 0 Å². The van der Waals surface area contributed by atoms with Gasteiger partial charge in [-0.05, 0) is 73.3 Å². The molecule has 0 heterocycles. The average Bonchev–Trinajstić information content (AvgIpc) is 2.51. The Balaban J connectivity index is 0.00000182. The van der Waals surface area contributed by atoms with Crippen LogP contribution in [0.3, 0.4) is 0 Å². The topological polar surface area (TPSA) is 55.1 Å². The highest BCUT2D eigenvalue weighted by molar-refractivity contribution is 5.85. The number of nitrogens with one attached hydrogen (secondary N) is 1. The minimum atomic E-state index is -0.284. The highest BCUT2D eigenvalue weighted by atomic mass is 35.5. The van der Waals surface area contributed by atoms with Gasteiger partial charge in [0.25, 0.3) is 0 Å². The Labute approximate surface area is 155 Å². The van der Waals surface area contributed by atoms with E-state index in [1.54, 1.807) is 6.07 Å². The molecule has 5 heteroatoms. The Morgan fingerprint density at radius 3 is 2.28 bits per heavy atom. The number of benzene rings is 1. The predicted octanol–water partition coefficient (Wildman–Crippen LogP) is 3.93. The van der Waals surface area contributed by atoms with Gasteiger partial charge in [0.15, 0.2) is 0 Å². The Kier molecular flexibility index (Phi) is 5.40. The van der Waals surface area contributed by atoms with E-state index in [1.165, 1.54) is 44.6 Å². The SMILES string of the molecule is Cl.NCc1ccc(CNC(=O)CC23CC4CC(CC(C4)C2)C3)c(F)c1. The highest BCUT2D eigenvalue weighted by Gasteiger charge is 2.51. The first-order chi connectivity index (χ1) is 11.5. The molecule has 4 fully saturated rings. The van der Waals surface area contributed by atoms with Crippen molar-refractivity contribution < 1.29 is 9.18 Å². The van der Waals surface area contributed by atoms with Gasteiger partial charge in [-0.1, -0.05) is 12.1 Å². The number of halogens is 2. The minimum absolute atomic E-state index is 0. The lowest BCUT2D eigenvalue weighted by Crippen LogP contribution is -2.47.